The minimum absolute atomic E-state index is 0.0327. The van der Waals surface area contributed by atoms with E-state index in [0.29, 0.717) is 50.4 Å². The number of rotatable bonds is 6. The molecule has 4 fully saturated rings. The van der Waals surface area contributed by atoms with Crippen LogP contribution >= 0.6 is 0 Å². The molecule has 37 heavy (non-hydrogen) atoms. The number of alkyl halides is 3. The Morgan fingerprint density at radius 2 is 1.76 bits per heavy atom. The number of ether oxygens (including phenoxy) is 1. The molecule has 2 aliphatic carbocycles. The molecule has 6 rings (SSSR count). The SMILES string of the molecule is O=C(N1CC(OCc2ccc(S(=O)(=O)C(F)(F)F)cc2)C1)N1CC2(CC(n3cnc(C4(O)CC4)n3)C2)C1. The van der Waals surface area contributed by atoms with Crippen LogP contribution in [0.3, 0.4) is 0 Å². The second-order valence-corrected chi connectivity index (χ2v) is 12.7. The van der Waals surface area contributed by atoms with Gasteiger partial charge in [0.15, 0.2) is 5.82 Å². The summed E-state index contributed by atoms with van der Waals surface area (Å²) in [6.45, 7) is 2.35. The second kappa shape index (κ2) is 8.14. The van der Waals surface area contributed by atoms with Crippen LogP contribution in [0, 0.1) is 5.41 Å². The van der Waals surface area contributed by atoms with Crippen molar-refractivity contribution >= 4 is 15.9 Å². The Hall–Kier alpha value is -2.71. The molecule has 0 unspecified atom stereocenters. The number of sulfone groups is 1. The molecule has 10 nitrogen and oxygen atoms in total. The van der Waals surface area contributed by atoms with Crippen LogP contribution in [0.2, 0.25) is 0 Å². The summed E-state index contributed by atoms with van der Waals surface area (Å²) in [6.07, 6.45) is 4.75. The van der Waals surface area contributed by atoms with Gasteiger partial charge in [0.1, 0.15) is 11.9 Å². The first-order valence-corrected chi connectivity index (χ1v) is 13.6. The molecule has 2 aromatic rings. The van der Waals surface area contributed by atoms with Gasteiger partial charge in [-0.05, 0) is 43.4 Å². The molecule has 0 radical (unpaired) electrons. The van der Waals surface area contributed by atoms with Gasteiger partial charge in [0.05, 0.1) is 36.7 Å². The van der Waals surface area contributed by atoms with Gasteiger partial charge in [0.2, 0.25) is 0 Å². The van der Waals surface area contributed by atoms with E-state index >= 15 is 0 Å². The average Bonchev–Trinajstić information content (AvgIpc) is 3.31. The summed E-state index contributed by atoms with van der Waals surface area (Å²) in [5.74, 6) is 0.500. The summed E-state index contributed by atoms with van der Waals surface area (Å²) < 4.78 is 68.4. The Labute approximate surface area is 210 Å². The highest BCUT2D eigenvalue weighted by Gasteiger charge is 2.56. The number of halogens is 3. The van der Waals surface area contributed by atoms with Gasteiger partial charge in [-0.25, -0.2) is 22.9 Å². The lowest BCUT2D eigenvalue weighted by atomic mass is 9.61. The number of likely N-dealkylation sites (tertiary alicyclic amines) is 2. The number of aromatic nitrogens is 3. The molecular formula is C23H26F3N5O5S. The van der Waals surface area contributed by atoms with E-state index < -0.39 is 25.8 Å². The van der Waals surface area contributed by atoms with Crippen molar-refractivity contribution in [3.63, 3.8) is 0 Å². The summed E-state index contributed by atoms with van der Waals surface area (Å²) in [5.41, 5.74) is -5.52. The topological polar surface area (TPSA) is 118 Å². The van der Waals surface area contributed by atoms with Gasteiger partial charge < -0.3 is 19.6 Å². The van der Waals surface area contributed by atoms with Gasteiger partial charge in [-0.3, -0.25) is 0 Å². The highest BCUT2D eigenvalue weighted by atomic mass is 32.2. The van der Waals surface area contributed by atoms with Crippen molar-refractivity contribution < 1.29 is 36.2 Å². The van der Waals surface area contributed by atoms with E-state index in [9.17, 15) is 31.5 Å². The van der Waals surface area contributed by atoms with Gasteiger partial charge in [-0.2, -0.15) is 18.3 Å². The summed E-state index contributed by atoms with van der Waals surface area (Å²) >= 11 is 0. The van der Waals surface area contributed by atoms with Crippen LogP contribution < -0.4 is 0 Å². The van der Waals surface area contributed by atoms with Crippen molar-refractivity contribution in [1.29, 1.82) is 0 Å². The Bertz CT molecular complexity index is 1300. The quantitative estimate of drug-likeness (QED) is 0.596. The molecule has 3 heterocycles. The molecular weight excluding hydrogens is 515 g/mol. The maximum Gasteiger partial charge on any atom is 0.501 e. The summed E-state index contributed by atoms with van der Waals surface area (Å²) in [6, 6.07) is 4.63. The molecule has 2 saturated heterocycles. The predicted octanol–water partition coefficient (Wildman–Crippen LogP) is 2.21. The number of urea groups is 1. The van der Waals surface area contributed by atoms with E-state index in [1.165, 1.54) is 12.1 Å². The molecule has 200 valence electrons. The van der Waals surface area contributed by atoms with Gasteiger partial charge in [-0.1, -0.05) is 12.1 Å². The predicted molar refractivity (Wildman–Crippen MR) is 121 cm³/mol. The van der Waals surface area contributed by atoms with E-state index in [-0.39, 0.29) is 30.2 Å². The van der Waals surface area contributed by atoms with Gasteiger partial charge >= 0.3 is 11.5 Å². The standard InChI is InChI=1S/C23H26F3N5O5S/c24-23(25,26)37(34,35)18-3-1-15(2-4-18)11-36-17-9-29(10-17)20(32)30-12-21(13-30)7-16(8-21)31-14-27-19(28-31)22(33)5-6-22/h1-4,14,16-17,33H,5-13H2. The van der Waals surface area contributed by atoms with Crippen molar-refractivity contribution in [2.75, 3.05) is 26.2 Å². The largest absolute Gasteiger partial charge is 0.501 e. The lowest BCUT2D eigenvalue weighted by Crippen LogP contribution is -2.68. The Balaban J connectivity index is 0.915. The first kappa shape index (κ1) is 24.6. The minimum atomic E-state index is -5.37. The fourth-order valence-corrected chi connectivity index (χ4v) is 6.06. The van der Waals surface area contributed by atoms with Crippen LogP contribution in [0.1, 0.15) is 43.1 Å². The second-order valence-electron chi connectivity index (χ2n) is 10.7. The number of hydrogen-bond donors (Lipinski definition) is 1. The molecule has 1 aromatic heterocycles. The van der Waals surface area contributed by atoms with Crippen molar-refractivity contribution in [3.8, 4) is 0 Å². The first-order chi connectivity index (χ1) is 17.4. The summed E-state index contributed by atoms with van der Waals surface area (Å²) in [4.78, 5) is 19.7. The molecule has 1 aromatic carbocycles. The minimum Gasteiger partial charge on any atom is -0.382 e. The third kappa shape index (κ3) is 4.28. The Morgan fingerprint density at radius 1 is 1.11 bits per heavy atom. The zero-order valence-electron chi connectivity index (χ0n) is 19.8. The van der Waals surface area contributed by atoms with E-state index in [1.54, 1.807) is 11.2 Å². The fraction of sp³-hybridized carbons (Fsp3) is 0.609. The first-order valence-electron chi connectivity index (χ1n) is 12.1. The molecule has 4 aliphatic rings. The van der Waals surface area contributed by atoms with Gasteiger partial charge in [-0.15, -0.1) is 0 Å². The molecule has 2 saturated carbocycles. The average molecular weight is 542 g/mol. The number of benzene rings is 1. The van der Waals surface area contributed by atoms with Crippen molar-refractivity contribution in [3.05, 3.63) is 42.0 Å². The van der Waals surface area contributed by atoms with Crippen molar-refractivity contribution in [2.45, 2.75) is 60.4 Å². The van der Waals surface area contributed by atoms with Gasteiger partial charge in [0.25, 0.3) is 9.84 Å². The van der Waals surface area contributed by atoms with Crippen LogP contribution in [-0.2, 0) is 26.8 Å². The highest BCUT2D eigenvalue weighted by Crippen LogP contribution is 2.54. The smallest absolute Gasteiger partial charge is 0.382 e. The van der Waals surface area contributed by atoms with E-state index in [2.05, 4.69) is 10.1 Å². The van der Waals surface area contributed by atoms with Crippen molar-refractivity contribution in [1.82, 2.24) is 24.6 Å². The number of carbonyl (C=O) groups is 1. The third-order valence-corrected chi connectivity index (χ3v) is 9.33. The number of amides is 2. The van der Waals surface area contributed by atoms with Crippen molar-refractivity contribution in [2.24, 2.45) is 5.41 Å². The number of aliphatic hydroxyl groups is 1. The molecule has 0 bridgehead atoms. The van der Waals surface area contributed by atoms with Gasteiger partial charge in [0, 0.05) is 18.5 Å². The molecule has 1 spiro atoms. The Morgan fingerprint density at radius 3 is 2.35 bits per heavy atom. The van der Waals surface area contributed by atoms with Crippen LogP contribution in [0.25, 0.3) is 0 Å². The zero-order valence-corrected chi connectivity index (χ0v) is 20.6. The van der Waals surface area contributed by atoms with E-state index in [4.69, 9.17) is 4.74 Å². The lowest BCUT2D eigenvalue weighted by Gasteiger charge is -2.59. The molecule has 14 heteroatoms. The number of hydrogen-bond acceptors (Lipinski definition) is 7. The third-order valence-electron chi connectivity index (χ3n) is 7.83. The molecule has 2 aliphatic heterocycles. The highest BCUT2D eigenvalue weighted by molar-refractivity contribution is 7.92. The molecule has 2 amide bonds. The Kier molecular flexibility index (Phi) is 5.42. The maximum absolute atomic E-state index is 12.7. The number of nitrogens with zero attached hydrogens (tertiary/aromatic N) is 5. The van der Waals surface area contributed by atoms with Crippen LogP contribution in [0.4, 0.5) is 18.0 Å². The normalized spacial score (nSPS) is 22.9. The van der Waals surface area contributed by atoms with Crippen LogP contribution in [-0.4, -0.2) is 81.9 Å². The summed E-state index contributed by atoms with van der Waals surface area (Å²) in [7, 11) is -5.37. The zero-order chi connectivity index (χ0) is 26.2. The monoisotopic (exact) mass is 541 g/mol. The molecule has 0 atom stereocenters. The maximum atomic E-state index is 12.7. The van der Waals surface area contributed by atoms with Crippen LogP contribution in [0.15, 0.2) is 35.5 Å². The summed E-state index contributed by atoms with van der Waals surface area (Å²) in [5, 5.41) is 14.6. The van der Waals surface area contributed by atoms with Crippen LogP contribution in [0.5, 0.6) is 0 Å². The van der Waals surface area contributed by atoms with E-state index in [1.807, 2.05) is 9.58 Å². The molecule has 1 N–H and O–H groups in total. The fourth-order valence-electron chi connectivity index (χ4n) is 5.30. The number of carbonyl (C=O) groups excluding carboxylic acids is 1. The lowest BCUT2D eigenvalue weighted by molar-refractivity contribution is -0.0924. The van der Waals surface area contributed by atoms with E-state index in [0.717, 1.165) is 25.0 Å².